The van der Waals surface area contributed by atoms with Gasteiger partial charge in [-0.2, -0.15) is 5.26 Å². The van der Waals surface area contributed by atoms with Gasteiger partial charge in [0.25, 0.3) is 0 Å². The van der Waals surface area contributed by atoms with Gasteiger partial charge in [-0.25, -0.2) is 0 Å². The molecular weight excluding hydrogens is 306 g/mol. The molecule has 0 aliphatic heterocycles. The second-order valence-corrected chi connectivity index (χ2v) is 6.18. The molecule has 0 saturated heterocycles. The van der Waals surface area contributed by atoms with E-state index >= 15 is 0 Å². The zero-order valence-electron chi connectivity index (χ0n) is 13.2. The van der Waals surface area contributed by atoms with Gasteiger partial charge in [0.1, 0.15) is 0 Å². The van der Waals surface area contributed by atoms with Crippen molar-refractivity contribution in [3.8, 4) is 6.07 Å². The first kappa shape index (κ1) is 16.9. The highest BCUT2D eigenvalue weighted by Gasteiger charge is 2.07. The molecule has 0 bridgehead atoms. The van der Waals surface area contributed by atoms with Crippen LogP contribution in [-0.2, 0) is 4.79 Å². The molecule has 0 aliphatic carbocycles. The summed E-state index contributed by atoms with van der Waals surface area (Å²) in [6.45, 7) is 4.25. The number of amides is 1. The van der Waals surface area contributed by atoms with E-state index in [0.717, 1.165) is 21.8 Å². The number of nitrogens with zero attached hydrogens (tertiary/aromatic N) is 1. The maximum absolute atomic E-state index is 12.1. The van der Waals surface area contributed by atoms with Gasteiger partial charge in [-0.1, -0.05) is 29.8 Å². The zero-order chi connectivity index (χ0) is 16.7. The van der Waals surface area contributed by atoms with Crippen molar-refractivity contribution in [1.82, 2.24) is 0 Å². The predicted octanol–water partition coefficient (Wildman–Crippen LogP) is 3.97. The van der Waals surface area contributed by atoms with E-state index in [4.69, 9.17) is 5.26 Å². The molecule has 0 heterocycles. The first-order valence-corrected chi connectivity index (χ1v) is 8.28. The average molecular weight is 325 g/mol. The average Bonchev–Trinajstić information content (AvgIpc) is 2.53. The highest BCUT2D eigenvalue weighted by molar-refractivity contribution is 7.99. The number of hydrogen-bond acceptors (Lipinski definition) is 4. The molecule has 0 spiro atoms. The van der Waals surface area contributed by atoms with Crippen LogP contribution in [-0.4, -0.2) is 18.2 Å². The normalized spacial score (nSPS) is 9.96. The van der Waals surface area contributed by atoms with Crippen LogP contribution < -0.4 is 10.6 Å². The van der Waals surface area contributed by atoms with Crippen LogP contribution in [0.25, 0.3) is 0 Å². The van der Waals surface area contributed by atoms with E-state index in [-0.39, 0.29) is 12.5 Å². The summed E-state index contributed by atoms with van der Waals surface area (Å²) in [5.74, 6) is 0.239. The molecule has 0 aliphatic rings. The second kappa shape index (κ2) is 8.25. The van der Waals surface area contributed by atoms with Gasteiger partial charge in [0.15, 0.2) is 0 Å². The Bertz CT molecular complexity index is 737. The summed E-state index contributed by atoms with van der Waals surface area (Å²) < 4.78 is 0. The van der Waals surface area contributed by atoms with Crippen LogP contribution >= 0.6 is 11.8 Å². The number of thioether (sulfide) groups is 1. The molecule has 2 aromatic carbocycles. The number of nitriles is 1. The van der Waals surface area contributed by atoms with Crippen molar-refractivity contribution >= 4 is 29.0 Å². The van der Waals surface area contributed by atoms with Crippen LogP contribution in [0.15, 0.2) is 47.4 Å². The van der Waals surface area contributed by atoms with Gasteiger partial charge >= 0.3 is 0 Å². The van der Waals surface area contributed by atoms with E-state index in [1.807, 2.05) is 50.2 Å². The van der Waals surface area contributed by atoms with Crippen molar-refractivity contribution in [1.29, 1.82) is 5.26 Å². The van der Waals surface area contributed by atoms with Gasteiger partial charge in [-0.05, 0) is 37.6 Å². The smallest absolute Gasteiger partial charge is 0.243 e. The molecule has 5 heteroatoms. The Labute approximate surface area is 140 Å². The highest BCUT2D eigenvalue weighted by atomic mass is 32.2. The Morgan fingerprint density at radius 1 is 1.17 bits per heavy atom. The van der Waals surface area contributed by atoms with Crippen molar-refractivity contribution in [2.45, 2.75) is 18.7 Å². The van der Waals surface area contributed by atoms with Gasteiger partial charge < -0.3 is 10.6 Å². The Morgan fingerprint density at radius 3 is 2.70 bits per heavy atom. The SMILES string of the molecule is Cc1ccc(NCC(=O)Nc2ccccc2SCC#N)c(C)c1. The lowest BCUT2D eigenvalue weighted by Crippen LogP contribution is -2.22. The van der Waals surface area contributed by atoms with Crippen molar-refractivity contribution in [3.05, 3.63) is 53.6 Å². The molecule has 2 aromatic rings. The molecule has 0 aromatic heterocycles. The van der Waals surface area contributed by atoms with Gasteiger partial charge in [0.05, 0.1) is 24.1 Å². The number of nitrogens with one attached hydrogen (secondary N) is 2. The Morgan fingerprint density at radius 2 is 1.96 bits per heavy atom. The lowest BCUT2D eigenvalue weighted by molar-refractivity contribution is -0.114. The standard InChI is InChI=1S/C18H19N3OS/c1-13-7-8-15(14(2)11-13)20-12-18(22)21-16-5-3-4-6-17(16)23-10-9-19/h3-8,11,20H,10,12H2,1-2H3,(H,21,22). The van der Waals surface area contributed by atoms with Crippen LogP contribution in [0.3, 0.4) is 0 Å². The third-order valence-corrected chi connectivity index (χ3v) is 4.22. The molecule has 2 N–H and O–H groups in total. The van der Waals surface area contributed by atoms with Gasteiger partial charge in [0, 0.05) is 10.6 Å². The molecule has 0 fully saturated rings. The van der Waals surface area contributed by atoms with Gasteiger partial charge in [-0.3, -0.25) is 4.79 Å². The minimum Gasteiger partial charge on any atom is -0.376 e. The summed E-state index contributed by atoms with van der Waals surface area (Å²) in [5.41, 5.74) is 4.00. The van der Waals surface area contributed by atoms with E-state index in [0.29, 0.717) is 5.75 Å². The number of aryl methyl sites for hydroxylation is 2. The monoisotopic (exact) mass is 325 g/mol. The Balaban J connectivity index is 1.96. The number of carbonyl (C=O) groups excluding carboxylic acids is 1. The van der Waals surface area contributed by atoms with E-state index < -0.39 is 0 Å². The van der Waals surface area contributed by atoms with Crippen molar-refractivity contribution < 1.29 is 4.79 Å². The molecule has 0 atom stereocenters. The largest absolute Gasteiger partial charge is 0.376 e. The van der Waals surface area contributed by atoms with E-state index in [1.54, 1.807) is 0 Å². The fraction of sp³-hybridized carbons (Fsp3) is 0.222. The lowest BCUT2D eigenvalue weighted by atomic mass is 10.1. The molecule has 0 saturated carbocycles. The van der Waals surface area contributed by atoms with Crippen LogP contribution in [0.2, 0.25) is 0 Å². The summed E-state index contributed by atoms with van der Waals surface area (Å²) in [7, 11) is 0. The molecule has 2 rings (SSSR count). The number of carbonyl (C=O) groups is 1. The highest BCUT2D eigenvalue weighted by Crippen LogP contribution is 2.26. The molecule has 118 valence electrons. The Hall–Kier alpha value is -2.45. The maximum atomic E-state index is 12.1. The third-order valence-electron chi connectivity index (χ3n) is 3.27. The fourth-order valence-corrected chi connectivity index (χ4v) is 2.86. The first-order valence-electron chi connectivity index (χ1n) is 7.30. The number of anilines is 2. The van der Waals surface area contributed by atoms with E-state index in [2.05, 4.69) is 22.8 Å². The molecule has 23 heavy (non-hydrogen) atoms. The van der Waals surface area contributed by atoms with Crippen molar-refractivity contribution in [2.24, 2.45) is 0 Å². The van der Waals surface area contributed by atoms with Crippen LogP contribution in [0.5, 0.6) is 0 Å². The second-order valence-electron chi connectivity index (χ2n) is 5.16. The summed E-state index contributed by atoms with van der Waals surface area (Å²) in [4.78, 5) is 13.0. The van der Waals surface area contributed by atoms with E-state index in [1.165, 1.54) is 17.3 Å². The number of hydrogen-bond donors (Lipinski definition) is 2. The number of para-hydroxylation sites is 1. The predicted molar refractivity (Wildman–Crippen MR) is 95.8 cm³/mol. The van der Waals surface area contributed by atoms with Gasteiger partial charge in [0.2, 0.25) is 5.91 Å². The summed E-state index contributed by atoms with van der Waals surface area (Å²) in [5, 5.41) is 14.7. The zero-order valence-corrected chi connectivity index (χ0v) is 14.0. The summed E-state index contributed by atoms with van der Waals surface area (Å²) in [6.07, 6.45) is 0. The lowest BCUT2D eigenvalue weighted by Gasteiger charge is -2.12. The topological polar surface area (TPSA) is 64.9 Å². The minimum absolute atomic E-state index is 0.116. The number of benzene rings is 2. The fourth-order valence-electron chi connectivity index (χ4n) is 2.19. The molecular formula is C18H19N3OS. The quantitative estimate of drug-likeness (QED) is 0.789. The van der Waals surface area contributed by atoms with Crippen LogP contribution in [0.4, 0.5) is 11.4 Å². The molecule has 1 amide bonds. The minimum atomic E-state index is -0.116. The Kier molecular flexibility index (Phi) is 6.07. The first-order chi connectivity index (χ1) is 11.1. The van der Waals surface area contributed by atoms with Crippen molar-refractivity contribution in [3.63, 3.8) is 0 Å². The number of rotatable bonds is 6. The van der Waals surface area contributed by atoms with E-state index in [9.17, 15) is 4.79 Å². The summed E-state index contributed by atoms with van der Waals surface area (Å²) >= 11 is 1.41. The van der Waals surface area contributed by atoms with Crippen LogP contribution in [0, 0.1) is 25.2 Å². The van der Waals surface area contributed by atoms with Gasteiger partial charge in [-0.15, -0.1) is 11.8 Å². The molecule has 0 radical (unpaired) electrons. The molecule has 0 unspecified atom stereocenters. The van der Waals surface area contributed by atoms with Crippen molar-refractivity contribution in [2.75, 3.05) is 22.9 Å². The summed E-state index contributed by atoms with van der Waals surface area (Å²) in [6, 6.07) is 15.7. The van der Waals surface area contributed by atoms with Crippen LogP contribution in [0.1, 0.15) is 11.1 Å². The molecule has 4 nitrogen and oxygen atoms in total. The third kappa shape index (κ3) is 5.04. The maximum Gasteiger partial charge on any atom is 0.243 e.